The molecule has 1 saturated heterocycles. The van der Waals surface area contributed by atoms with Crippen molar-refractivity contribution in [3.63, 3.8) is 0 Å². The predicted octanol–water partition coefficient (Wildman–Crippen LogP) is 0.979. The lowest BCUT2D eigenvalue weighted by Crippen LogP contribution is -2.39. The first kappa shape index (κ1) is 14.9. The van der Waals surface area contributed by atoms with Crippen LogP contribution in [0, 0.1) is 5.92 Å². The molecule has 0 spiro atoms. The number of rotatable bonds is 8. The summed E-state index contributed by atoms with van der Waals surface area (Å²) < 4.78 is 33.0. The lowest BCUT2D eigenvalue weighted by atomic mass is 10.2. The molecular weight excluding hydrogens is 240 g/mol. The zero-order valence-electron chi connectivity index (χ0n) is 10.8. The monoisotopic (exact) mass is 264 g/mol. The molecule has 0 aliphatic carbocycles. The molecule has 0 aromatic heterocycles. The molecule has 1 N–H and O–H groups in total. The highest BCUT2D eigenvalue weighted by Gasteiger charge is 2.24. The molecule has 6 heteroatoms. The van der Waals surface area contributed by atoms with E-state index in [1.54, 1.807) is 0 Å². The van der Waals surface area contributed by atoms with Gasteiger partial charge < -0.3 is 4.74 Å². The second kappa shape index (κ2) is 7.31. The van der Waals surface area contributed by atoms with Crippen molar-refractivity contribution in [1.82, 2.24) is 9.03 Å². The van der Waals surface area contributed by atoms with Crippen molar-refractivity contribution in [2.75, 3.05) is 32.8 Å². The van der Waals surface area contributed by atoms with E-state index in [0.717, 1.165) is 25.9 Å². The molecular formula is C11H24N2O3S. The minimum absolute atomic E-state index is 0.455. The molecule has 1 aliphatic rings. The Balaban J connectivity index is 2.09. The van der Waals surface area contributed by atoms with Crippen LogP contribution in [0.4, 0.5) is 0 Å². The molecule has 1 heterocycles. The standard InChI is InChI=1S/C11H24N2O3S/c1-11(2)10-16-9-5-6-12-17(14,15)13-7-3-4-8-13/h11-12H,3-10H2,1-2H3. The Morgan fingerprint density at radius 2 is 1.94 bits per heavy atom. The molecule has 0 atom stereocenters. The minimum atomic E-state index is -3.24. The van der Waals surface area contributed by atoms with Gasteiger partial charge in [-0.25, -0.2) is 4.72 Å². The first-order chi connectivity index (χ1) is 8.02. The molecule has 0 saturated carbocycles. The smallest absolute Gasteiger partial charge is 0.279 e. The lowest BCUT2D eigenvalue weighted by Gasteiger charge is -2.16. The van der Waals surface area contributed by atoms with Gasteiger partial charge in [-0.2, -0.15) is 12.7 Å². The van der Waals surface area contributed by atoms with Gasteiger partial charge in [0.2, 0.25) is 0 Å². The Bertz CT molecular complexity index is 298. The number of hydrogen-bond donors (Lipinski definition) is 1. The van der Waals surface area contributed by atoms with E-state index in [2.05, 4.69) is 18.6 Å². The Kier molecular flexibility index (Phi) is 6.40. The van der Waals surface area contributed by atoms with Crippen molar-refractivity contribution in [3.8, 4) is 0 Å². The zero-order chi connectivity index (χ0) is 12.7. The van der Waals surface area contributed by atoms with Crippen LogP contribution in [-0.2, 0) is 14.9 Å². The van der Waals surface area contributed by atoms with E-state index < -0.39 is 10.2 Å². The summed E-state index contributed by atoms with van der Waals surface area (Å²) >= 11 is 0. The van der Waals surface area contributed by atoms with Gasteiger partial charge in [-0.1, -0.05) is 13.8 Å². The fraction of sp³-hybridized carbons (Fsp3) is 1.00. The maximum absolute atomic E-state index is 11.7. The number of hydrogen-bond acceptors (Lipinski definition) is 3. The van der Waals surface area contributed by atoms with Crippen LogP contribution in [0.15, 0.2) is 0 Å². The van der Waals surface area contributed by atoms with Crippen LogP contribution in [0.5, 0.6) is 0 Å². The molecule has 5 nitrogen and oxygen atoms in total. The summed E-state index contributed by atoms with van der Waals surface area (Å²) in [6.45, 7) is 7.29. The summed E-state index contributed by atoms with van der Waals surface area (Å²) in [6.07, 6.45) is 2.66. The highest BCUT2D eigenvalue weighted by atomic mass is 32.2. The predicted molar refractivity (Wildman–Crippen MR) is 68.0 cm³/mol. The number of ether oxygens (including phenoxy) is 1. The third kappa shape index (κ3) is 5.81. The van der Waals surface area contributed by atoms with Gasteiger partial charge in [-0.05, 0) is 25.2 Å². The molecule has 0 aromatic carbocycles. The third-order valence-corrected chi connectivity index (χ3v) is 4.22. The van der Waals surface area contributed by atoms with Crippen molar-refractivity contribution >= 4 is 10.2 Å². The van der Waals surface area contributed by atoms with E-state index in [9.17, 15) is 8.42 Å². The lowest BCUT2D eigenvalue weighted by molar-refractivity contribution is 0.108. The normalized spacial score (nSPS) is 18.1. The largest absolute Gasteiger partial charge is 0.381 e. The molecule has 1 aliphatic heterocycles. The Morgan fingerprint density at radius 3 is 2.53 bits per heavy atom. The summed E-state index contributed by atoms with van der Waals surface area (Å²) in [5.74, 6) is 0.524. The summed E-state index contributed by atoms with van der Waals surface area (Å²) in [7, 11) is -3.24. The Hall–Kier alpha value is -0.170. The van der Waals surface area contributed by atoms with E-state index in [0.29, 0.717) is 32.2 Å². The summed E-state index contributed by atoms with van der Waals surface area (Å²) in [4.78, 5) is 0. The van der Waals surface area contributed by atoms with Gasteiger partial charge >= 0.3 is 0 Å². The van der Waals surface area contributed by atoms with Crippen LogP contribution < -0.4 is 4.72 Å². The number of nitrogens with one attached hydrogen (secondary N) is 1. The second-order valence-electron chi connectivity index (χ2n) is 4.83. The van der Waals surface area contributed by atoms with Gasteiger partial charge in [0.25, 0.3) is 10.2 Å². The summed E-state index contributed by atoms with van der Waals surface area (Å²) in [5.41, 5.74) is 0. The maximum Gasteiger partial charge on any atom is 0.279 e. The van der Waals surface area contributed by atoms with Gasteiger partial charge in [0.15, 0.2) is 0 Å². The van der Waals surface area contributed by atoms with Crippen LogP contribution in [-0.4, -0.2) is 45.6 Å². The molecule has 0 aromatic rings. The molecule has 0 unspecified atom stereocenters. The Morgan fingerprint density at radius 1 is 1.29 bits per heavy atom. The van der Waals surface area contributed by atoms with Gasteiger partial charge in [0, 0.05) is 32.8 Å². The van der Waals surface area contributed by atoms with E-state index in [1.165, 1.54) is 4.31 Å². The van der Waals surface area contributed by atoms with Crippen LogP contribution in [0.3, 0.4) is 0 Å². The molecule has 1 fully saturated rings. The number of nitrogens with zero attached hydrogens (tertiary/aromatic N) is 1. The molecule has 0 amide bonds. The SMILES string of the molecule is CC(C)COCCCNS(=O)(=O)N1CCCC1. The zero-order valence-corrected chi connectivity index (χ0v) is 11.6. The highest BCUT2D eigenvalue weighted by Crippen LogP contribution is 2.10. The second-order valence-corrected chi connectivity index (χ2v) is 6.58. The van der Waals surface area contributed by atoms with E-state index >= 15 is 0 Å². The highest BCUT2D eigenvalue weighted by molar-refractivity contribution is 7.87. The molecule has 102 valence electrons. The fourth-order valence-electron chi connectivity index (χ4n) is 1.71. The average Bonchev–Trinajstić information content (AvgIpc) is 2.76. The van der Waals surface area contributed by atoms with Gasteiger partial charge in [-0.15, -0.1) is 0 Å². The Labute approximate surface area is 105 Å². The van der Waals surface area contributed by atoms with Gasteiger partial charge in [-0.3, -0.25) is 0 Å². The molecule has 0 radical (unpaired) electrons. The van der Waals surface area contributed by atoms with Gasteiger partial charge in [0.1, 0.15) is 0 Å². The van der Waals surface area contributed by atoms with Crippen LogP contribution in [0.25, 0.3) is 0 Å². The maximum atomic E-state index is 11.7. The first-order valence-corrected chi connectivity index (χ1v) is 7.79. The van der Waals surface area contributed by atoms with E-state index in [1.807, 2.05) is 0 Å². The van der Waals surface area contributed by atoms with Crippen molar-refractivity contribution in [1.29, 1.82) is 0 Å². The van der Waals surface area contributed by atoms with Gasteiger partial charge in [0.05, 0.1) is 0 Å². The fourth-order valence-corrected chi connectivity index (χ4v) is 3.04. The van der Waals surface area contributed by atoms with Crippen molar-refractivity contribution in [2.45, 2.75) is 33.1 Å². The van der Waals surface area contributed by atoms with Crippen LogP contribution in [0.1, 0.15) is 33.1 Å². The van der Waals surface area contributed by atoms with Crippen LogP contribution >= 0.6 is 0 Å². The topological polar surface area (TPSA) is 58.6 Å². The van der Waals surface area contributed by atoms with Crippen molar-refractivity contribution in [3.05, 3.63) is 0 Å². The molecule has 0 bridgehead atoms. The minimum Gasteiger partial charge on any atom is -0.381 e. The summed E-state index contributed by atoms with van der Waals surface area (Å²) in [5, 5.41) is 0. The van der Waals surface area contributed by atoms with Crippen LogP contribution in [0.2, 0.25) is 0 Å². The summed E-state index contributed by atoms with van der Waals surface area (Å²) in [6, 6.07) is 0. The van der Waals surface area contributed by atoms with Crippen molar-refractivity contribution < 1.29 is 13.2 Å². The average molecular weight is 264 g/mol. The molecule has 17 heavy (non-hydrogen) atoms. The third-order valence-electron chi connectivity index (χ3n) is 2.61. The first-order valence-electron chi connectivity index (χ1n) is 6.35. The molecule has 1 rings (SSSR count). The van der Waals surface area contributed by atoms with Crippen molar-refractivity contribution in [2.24, 2.45) is 5.92 Å². The van der Waals surface area contributed by atoms with E-state index in [-0.39, 0.29) is 0 Å². The quantitative estimate of drug-likeness (QED) is 0.665. The van der Waals surface area contributed by atoms with E-state index in [4.69, 9.17) is 4.74 Å².